The summed E-state index contributed by atoms with van der Waals surface area (Å²) in [4.78, 5) is 13.8. The predicted octanol–water partition coefficient (Wildman–Crippen LogP) is 1.84. The first-order valence-electron chi connectivity index (χ1n) is 6.62. The Labute approximate surface area is 114 Å². The topological polar surface area (TPSA) is 37.3 Å². The van der Waals surface area contributed by atoms with Crippen LogP contribution in [0.25, 0.3) is 10.9 Å². The largest absolute Gasteiger partial charge is 0.344 e. The van der Waals surface area contributed by atoms with Gasteiger partial charge in [-0.1, -0.05) is 18.2 Å². The highest BCUT2D eigenvalue weighted by atomic mass is 16.2. The van der Waals surface area contributed by atoms with Crippen LogP contribution in [0.4, 0.5) is 0 Å². The molecule has 1 N–H and O–H groups in total. The lowest BCUT2D eigenvalue weighted by atomic mass is 10.1. The van der Waals surface area contributed by atoms with E-state index < -0.39 is 0 Å². The van der Waals surface area contributed by atoms with Crippen molar-refractivity contribution in [2.24, 2.45) is 0 Å². The van der Waals surface area contributed by atoms with Gasteiger partial charge in [-0.3, -0.25) is 4.79 Å². The van der Waals surface area contributed by atoms with Crippen LogP contribution in [0.3, 0.4) is 0 Å². The lowest BCUT2D eigenvalue weighted by Gasteiger charge is -2.16. The Balaban J connectivity index is 2.35. The van der Waals surface area contributed by atoms with E-state index in [1.54, 1.807) is 4.90 Å². The summed E-state index contributed by atoms with van der Waals surface area (Å²) < 4.78 is 2.04. The Morgan fingerprint density at radius 2 is 2.16 bits per heavy atom. The molecule has 1 amide bonds. The SMILES string of the molecule is CCN(C)C(=O)Cn1ccc2cccc(CNC)c21. The van der Waals surface area contributed by atoms with Crippen molar-refractivity contribution < 1.29 is 4.79 Å². The fourth-order valence-corrected chi connectivity index (χ4v) is 2.25. The number of nitrogens with one attached hydrogen (secondary N) is 1. The molecule has 0 saturated carbocycles. The van der Waals surface area contributed by atoms with Crippen molar-refractivity contribution >= 4 is 16.8 Å². The van der Waals surface area contributed by atoms with Gasteiger partial charge in [0.15, 0.2) is 0 Å². The van der Waals surface area contributed by atoms with Crippen LogP contribution < -0.4 is 5.32 Å². The molecule has 19 heavy (non-hydrogen) atoms. The summed E-state index contributed by atoms with van der Waals surface area (Å²) in [7, 11) is 3.77. The number of rotatable bonds is 5. The van der Waals surface area contributed by atoms with Gasteiger partial charge in [0.05, 0.1) is 5.52 Å². The maximum Gasteiger partial charge on any atom is 0.242 e. The molecule has 2 rings (SSSR count). The second-order valence-electron chi connectivity index (χ2n) is 4.74. The summed E-state index contributed by atoms with van der Waals surface area (Å²) in [6.45, 7) is 3.92. The first-order valence-corrected chi connectivity index (χ1v) is 6.62. The number of carbonyl (C=O) groups excluding carboxylic acids is 1. The maximum atomic E-state index is 12.0. The van der Waals surface area contributed by atoms with E-state index in [0.717, 1.165) is 18.6 Å². The van der Waals surface area contributed by atoms with E-state index in [1.165, 1.54) is 10.9 Å². The molecule has 1 aromatic heterocycles. The number of carbonyl (C=O) groups is 1. The van der Waals surface area contributed by atoms with Crippen LogP contribution in [0.2, 0.25) is 0 Å². The van der Waals surface area contributed by atoms with Gasteiger partial charge in [0.1, 0.15) is 6.54 Å². The van der Waals surface area contributed by atoms with E-state index in [1.807, 2.05) is 31.8 Å². The minimum atomic E-state index is 0.138. The van der Waals surface area contributed by atoms with Gasteiger partial charge in [-0.25, -0.2) is 0 Å². The van der Waals surface area contributed by atoms with Crippen LogP contribution in [0.1, 0.15) is 12.5 Å². The van der Waals surface area contributed by atoms with Gasteiger partial charge >= 0.3 is 0 Å². The van der Waals surface area contributed by atoms with E-state index in [4.69, 9.17) is 0 Å². The number of hydrogen-bond donors (Lipinski definition) is 1. The summed E-state index contributed by atoms with van der Waals surface area (Å²) in [6, 6.07) is 8.30. The maximum absolute atomic E-state index is 12.0. The number of hydrogen-bond acceptors (Lipinski definition) is 2. The molecular weight excluding hydrogens is 238 g/mol. The zero-order chi connectivity index (χ0) is 13.8. The summed E-state index contributed by atoms with van der Waals surface area (Å²) >= 11 is 0. The standard InChI is InChI=1S/C15H21N3O/c1-4-17(3)14(19)11-18-9-8-12-6-5-7-13(10-16-2)15(12)18/h5-9,16H,4,10-11H2,1-3H3. The highest BCUT2D eigenvalue weighted by Gasteiger charge is 2.11. The average molecular weight is 259 g/mol. The number of likely N-dealkylation sites (N-methyl/N-ethyl adjacent to an activating group) is 1. The Morgan fingerprint density at radius 3 is 2.84 bits per heavy atom. The number of amides is 1. The molecule has 1 aromatic carbocycles. The normalized spacial score (nSPS) is 10.9. The molecule has 1 heterocycles. The van der Waals surface area contributed by atoms with Gasteiger partial charge < -0.3 is 14.8 Å². The van der Waals surface area contributed by atoms with Crippen molar-refractivity contribution in [3.63, 3.8) is 0 Å². The molecule has 0 aliphatic heterocycles. The Kier molecular flexibility index (Phi) is 4.22. The molecule has 0 bridgehead atoms. The highest BCUT2D eigenvalue weighted by Crippen LogP contribution is 2.20. The van der Waals surface area contributed by atoms with Gasteiger partial charge in [0.2, 0.25) is 5.91 Å². The molecule has 0 fully saturated rings. The monoisotopic (exact) mass is 259 g/mol. The van der Waals surface area contributed by atoms with Crippen molar-refractivity contribution in [2.75, 3.05) is 20.6 Å². The Bertz CT molecular complexity index is 574. The highest BCUT2D eigenvalue weighted by molar-refractivity contribution is 5.85. The van der Waals surface area contributed by atoms with Crippen LogP contribution in [-0.4, -0.2) is 36.0 Å². The quantitative estimate of drug-likeness (QED) is 0.889. The molecule has 0 saturated heterocycles. The van der Waals surface area contributed by atoms with E-state index in [-0.39, 0.29) is 5.91 Å². The molecule has 102 valence electrons. The first kappa shape index (κ1) is 13.6. The fourth-order valence-electron chi connectivity index (χ4n) is 2.25. The van der Waals surface area contributed by atoms with Crippen LogP contribution in [0.15, 0.2) is 30.5 Å². The third-order valence-corrected chi connectivity index (χ3v) is 3.44. The molecule has 0 unspecified atom stereocenters. The fraction of sp³-hybridized carbons (Fsp3) is 0.400. The number of aromatic nitrogens is 1. The van der Waals surface area contributed by atoms with Gasteiger partial charge in [0.25, 0.3) is 0 Å². The molecule has 0 aliphatic carbocycles. The zero-order valence-electron chi connectivity index (χ0n) is 11.8. The lowest BCUT2D eigenvalue weighted by Crippen LogP contribution is -2.29. The minimum absolute atomic E-state index is 0.138. The van der Waals surface area contributed by atoms with Gasteiger partial charge in [-0.2, -0.15) is 0 Å². The Morgan fingerprint density at radius 1 is 1.37 bits per heavy atom. The lowest BCUT2D eigenvalue weighted by molar-refractivity contribution is -0.130. The second-order valence-corrected chi connectivity index (χ2v) is 4.74. The van der Waals surface area contributed by atoms with E-state index in [2.05, 4.69) is 29.6 Å². The molecule has 4 heteroatoms. The van der Waals surface area contributed by atoms with Crippen LogP contribution in [0.5, 0.6) is 0 Å². The van der Waals surface area contributed by atoms with Crippen LogP contribution in [0, 0.1) is 0 Å². The van der Waals surface area contributed by atoms with Gasteiger partial charge in [-0.05, 0) is 31.0 Å². The third kappa shape index (κ3) is 2.79. The van der Waals surface area contributed by atoms with Crippen LogP contribution >= 0.6 is 0 Å². The third-order valence-electron chi connectivity index (χ3n) is 3.44. The van der Waals surface area contributed by atoms with Crippen molar-refractivity contribution in [3.8, 4) is 0 Å². The number of para-hydroxylation sites is 1. The van der Waals surface area contributed by atoms with Crippen LogP contribution in [-0.2, 0) is 17.9 Å². The van der Waals surface area contributed by atoms with Crippen molar-refractivity contribution in [1.29, 1.82) is 0 Å². The smallest absolute Gasteiger partial charge is 0.242 e. The van der Waals surface area contributed by atoms with E-state index in [0.29, 0.717) is 6.54 Å². The molecule has 0 radical (unpaired) electrons. The zero-order valence-corrected chi connectivity index (χ0v) is 11.8. The average Bonchev–Trinajstić information content (AvgIpc) is 2.82. The number of nitrogens with zero attached hydrogens (tertiary/aromatic N) is 2. The molecule has 0 atom stereocenters. The van der Waals surface area contributed by atoms with E-state index in [9.17, 15) is 4.79 Å². The molecule has 0 spiro atoms. The summed E-state index contributed by atoms with van der Waals surface area (Å²) in [6.07, 6.45) is 1.99. The molecule has 4 nitrogen and oxygen atoms in total. The van der Waals surface area contributed by atoms with E-state index >= 15 is 0 Å². The molecule has 2 aromatic rings. The van der Waals surface area contributed by atoms with Crippen molar-refractivity contribution in [2.45, 2.75) is 20.0 Å². The summed E-state index contributed by atoms with van der Waals surface area (Å²) in [5.74, 6) is 0.138. The Hall–Kier alpha value is -1.81. The molecule has 0 aliphatic rings. The number of fused-ring (bicyclic) bond motifs is 1. The van der Waals surface area contributed by atoms with Gasteiger partial charge in [-0.15, -0.1) is 0 Å². The molecular formula is C15H21N3O. The summed E-state index contributed by atoms with van der Waals surface area (Å²) in [5.41, 5.74) is 2.37. The van der Waals surface area contributed by atoms with Crippen molar-refractivity contribution in [3.05, 3.63) is 36.0 Å². The summed E-state index contributed by atoms with van der Waals surface area (Å²) in [5, 5.41) is 4.35. The number of benzene rings is 1. The second kappa shape index (κ2) is 5.89. The van der Waals surface area contributed by atoms with Crippen molar-refractivity contribution in [1.82, 2.24) is 14.8 Å². The van der Waals surface area contributed by atoms with Gasteiger partial charge in [0, 0.05) is 26.3 Å². The first-order chi connectivity index (χ1) is 9.17. The predicted molar refractivity (Wildman–Crippen MR) is 78.0 cm³/mol. The minimum Gasteiger partial charge on any atom is -0.344 e.